The van der Waals surface area contributed by atoms with E-state index < -0.39 is 10.8 Å². The third-order valence-corrected chi connectivity index (χ3v) is 12.0. The topological polar surface area (TPSA) is 122 Å². The van der Waals surface area contributed by atoms with Crippen molar-refractivity contribution in [1.29, 1.82) is 0 Å². The maximum absolute atomic E-state index is 13.9. The standard InChI is InChI=1S/C48H94N2O7S.CH4/c1-5-8-11-14-17-26-33-43-56-47(52)37-29-22-18-24-31-40-50(54,42-34-39-49-46(51)44-58(4)55)41-32-25-19-23-30-38-48(53)57-45(35-27-20-15-12-9-6-2)36-28-21-16-13-10-7-3;/h45H,5-44H2,1-4H3,(H,49,51);1H4. The summed E-state index contributed by atoms with van der Waals surface area (Å²) in [6.45, 7) is 9.22. The molecule has 10 heteroatoms. The third kappa shape index (κ3) is 42.9. The van der Waals surface area contributed by atoms with E-state index >= 15 is 0 Å². The molecule has 0 aliphatic heterocycles. The second-order valence-electron chi connectivity index (χ2n) is 17.3. The molecular formula is C49H98N2O7S. The first-order chi connectivity index (χ1) is 28.2. The first kappa shape index (κ1) is 59.6. The van der Waals surface area contributed by atoms with Crippen molar-refractivity contribution >= 4 is 28.6 Å². The molecular weight excluding hydrogens is 761 g/mol. The van der Waals surface area contributed by atoms with Crippen LogP contribution in [0.3, 0.4) is 0 Å². The minimum Gasteiger partial charge on any atom is -0.633 e. The summed E-state index contributed by atoms with van der Waals surface area (Å²) in [4.78, 5) is 36.9. The minimum absolute atomic E-state index is 0. The van der Waals surface area contributed by atoms with Crippen LogP contribution in [-0.2, 0) is 34.7 Å². The van der Waals surface area contributed by atoms with Crippen molar-refractivity contribution in [2.75, 3.05) is 44.8 Å². The summed E-state index contributed by atoms with van der Waals surface area (Å²) in [5.41, 5.74) is 0. The molecule has 0 bridgehead atoms. The average Bonchev–Trinajstić information content (AvgIpc) is 3.19. The molecule has 0 heterocycles. The molecule has 2 unspecified atom stereocenters. The smallest absolute Gasteiger partial charge is 0.306 e. The van der Waals surface area contributed by atoms with Crippen LogP contribution in [0.1, 0.15) is 247 Å². The van der Waals surface area contributed by atoms with Crippen molar-refractivity contribution in [3.8, 4) is 0 Å². The largest absolute Gasteiger partial charge is 0.633 e. The highest BCUT2D eigenvalue weighted by atomic mass is 32.2. The van der Waals surface area contributed by atoms with Crippen LogP contribution in [0.2, 0.25) is 0 Å². The SMILES string of the molecule is C.CCCCCCCCCOC(=O)CCCCCCC[N+]([O-])(CCCCCCCC(=O)OC(CCCCCCCC)CCCCCCCC)CCCNC(=O)CS(C)=O. The van der Waals surface area contributed by atoms with Gasteiger partial charge in [-0.1, -0.05) is 157 Å². The lowest BCUT2D eigenvalue weighted by molar-refractivity contribution is -0.881. The second-order valence-corrected chi connectivity index (χ2v) is 18.7. The molecule has 0 aromatic carbocycles. The van der Waals surface area contributed by atoms with Crippen LogP contribution in [0.15, 0.2) is 0 Å². The lowest BCUT2D eigenvalue weighted by Gasteiger charge is -2.43. The van der Waals surface area contributed by atoms with E-state index in [-0.39, 0.29) is 41.8 Å². The molecule has 0 spiro atoms. The van der Waals surface area contributed by atoms with E-state index in [0.717, 1.165) is 103 Å². The molecule has 0 aliphatic carbocycles. The fourth-order valence-electron chi connectivity index (χ4n) is 7.69. The number of ether oxygens (including phenoxy) is 2. The van der Waals surface area contributed by atoms with E-state index in [2.05, 4.69) is 26.1 Å². The molecule has 0 radical (unpaired) electrons. The first-order valence-electron chi connectivity index (χ1n) is 24.6. The van der Waals surface area contributed by atoms with Gasteiger partial charge in [0.2, 0.25) is 5.91 Å². The number of nitrogens with one attached hydrogen (secondary N) is 1. The summed E-state index contributed by atoms with van der Waals surface area (Å²) >= 11 is 0. The van der Waals surface area contributed by atoms with Crippen LogP contribution < -0.4 is 5.32 Å². The molecule has 2 atom stereocenters. The molecule has 0 saturated heterocycles. The minimum atomic E-state index is -1.18. The van der Waals surface area contributed by atoms with E-state index in [1.807, 2.05) is 0 Å². The van der Waals surface area contributed by atoms with Gasteiger partial charge >= 0.3 is 11.9 Å². The Morgan fingerprint density at radius 2 is 0.932 bits per heavy atom. The molecule has 0 aromatic rings. The van der Waals surface area contributed by atoms with E-state index in [1.54, 1.807) is 0 Å². The zero-order valence-electron chi connectivity index (χ0n) is 38.6. The van der Waals surface area contributed by atoms with Crippen molar-refractivity contribution in [3.63, 3.8) is 0 Å². The number of amides is 1. The van der Waals surface area contributed by atoms with Gasteiger partial charge in [0.1, 0.15) is 11.9 Å². The van der Waals surface area contributed by atoms with Gasteiger partial charge in [0.25, 0.3) is 0 Å². The van der Waals surface area contributed by atoms with Crippen molar-refractivity contribution in [1.82, 2.24) is 5.32 Å². The number of carbonyl (C=O) groups excluding carboxylic acids is 3. The van der Waals surface area contributed by atoms with Gasteiger partial charge < -0.3 is 24.6 Å². The van der Waals surface area contributed by atoms with Crippen LogP contribution in [0, 0.1) is 5.21 Å². The molecule has 352 valence electrons. The van der Waals surface area contributed by atoms with Gasteiger partial charge in [-0.3, -0.25) is 18.6 Å². The Bertz CT molecular complexity index is 968. The van der Waals surface area contributed by atoms with Crippen LogP contribution in [0.25, 0.3) is 0 Å². The maximum Gasteiger partial charge on any atom is 0.306 e. The molecule has 0 aliphatic rings. The van der Waals surface area contributed by atoms with Gasteiger partial charge in [-0.05, 0) is 70.6 Å². The molecule has 1 N–H and O–H groups in total. The maximum atomic E-state index is 13.9. The molecule has 1 amide bonds. The fraction of sp³-hybridized carbons (Fsp3) is 0.939. The highest BCUT2D eigenvalue weighted by molar-refractivity contribution is 7.85. The summed E-state index contributed by atoms with van der Waals surface area (Å²) in [7, 11) is -1.18. The van der Waals surface area contributed by atoms with Gasteiger partial charge in [0.05, 0.1) is 26.2 Å². The Hall–Kier alpha value is -1.52. The van der Waals surface area contributed by atoms with Crippen LogP contribution in [-0.4, -0.2) is 77.6 Å². The number of hydrogen-bond donors (Lipinski definition) is 1. The molecule has 59 heavy (non-hydrogen) atoms. The lowest BCUT2D eigenvalue weighted by Crippen LogP contribution is -2.45. The first-order valence-corrected chi connectivity index (χ1v) is 26.4. The number of unbranched alkanes of at least 4 members (excludes halogenated alkanes) is 24. The van der Waals surface area contributed by atoms with E-state index in [4.69, 9.17) is 9.47 Å². The third-order valence-electron chi connectivity index (χ3n) is 11.4. The predicted octanol–water partition coefficient (Wildman–Crippen LogP) is 13.2. The number of quaternary nitrogens is 1. The molecule has 0 aromatic heterocycles. The number of esters is 2. The summed E-state index contributed by atoms with van der Waals surface area (Å²) in [5.74, 6) is -0.384. The molecule has 0 rings (SSSR count). The van der Waals surface area contributed by atoms with Crippen molar-refractivity contribution in [3.05, 3.63) is 5.21 Å². The molecule has 9 nitrogen and oxygen atoms in total. The number of nitrogens with zero attached hydrogens (tertiary/aromatic N) is 1. The van der Waals surface area contributed by atoms with Gasteiger partial charge in [0, 0.05) is 42.9 Å². The number of hydroxylamine groups is 3. The highest BCUT2D eigenvalue weighted by Gasteiger charge is 2.18. The number of rotatable bonds is 45. The summed E-state index contributed by atoms with van der Waals surface area (Å²) in [6.07, 6.45) is 37.7. The summed E-state index contributed by atoms with van der Waals surface area (Å²) < 4.78 is 22.6. The normalized spacial score (nSPS) is 12.8. The Balaban J connectivity index is 0. The summed E-state index contributed by atoms with van der Waals surface area (Å²) in [6, 6.07) is 0. The van der Waals surface area contributed by atoms with E-state index in [0.29, 0.717) is 52.0 Å². The average molecular weight is 859 g/mol. The zero-order valence-corrected chi connectivity index (χ0v) is 39.4. The van der Waals surface area contributed by atoms with Crippen molar-refractivity contribution < 1.29 is 32.7 Å². The van der Waals surface area contributed by atoms with E-state index in [1.165, 1.54) is 103 Å². The second kappa shape index (κ2) is 44.5. The molecule has 0 saturated carbocycles. The van der Waals surface area contributed by atoms with Gasteiger partial charge in [-0.15, -0.1) is 0 Å². The van der Waals surface area contributed by atoms with Crippen LogP contribution in [0.4, 0.5) is 0 Å². The Labute approximate surface area is 368 Å². The number of hydrogen-bond acceptors (Lipinski definition) is 7. The van der Waals surface area contributed by atoms with E-state index in [9.17, 15) is 23.8 Å². The van der Waals surface area contributed by atoms with Gasteiger partial charge in [0.15, 0.2) is 0 Å². The lowest BCUT2D eigenvalue weighted by atomic mass is 10.0. The fourth-order valence-corrected chi connectivity index (χ4v) is 8.17. The zero-order chi connectivity index (χ0) is 42.8. The van der Waals surface area contributed by atoms with Crippen molar-refractivity contribution in [2.45, 2.75) is 253 Å². The quantitative estimate of drug-likeness (QED) is 0.0280. The van der Waals surface area contributed by atoms with Crippen molar-refractivity contribution in [2.24, 2.45) is 0 Å². The Kier molecular flexibility index (Phi) is 45.0. The van der Waals surface area contributed by atoms with Gasteiger partial charge in [-0.25, -0.2) is 0 Å². The monoisotopic (exact) mass is 859 g/mol. The Morgan fingerprint density at radius 1 is 0.542 bits per heavy atom. The summed E-state index contributed by atoms with van der Waals surface area (Å²) in [5, 5.41) is 16.7. The number of carbonyl (C=O) groups is 3. The Morgan fingerprint density at radius 3 is 1.41 bits per heavy atom. The molecule has 0 fully saturated rings. The highest BCUT2D eigenvalue weighted by Crippen LogP contribution is 2.19. The van der Waals surface area contributed by atoms with Crippen LogP contribution >= 0.6 is 0 Å². The van der Waals surface area contributed by atoms with Gasteiger partial charge in [-0.2, -0.15) is 0 Å². The predicted molar refractivity (Wildman–Crippen MR) is 252 cm³/mol. The van der Waals surface area contributed by atoms with Crippen LogP contribution in [0.5, 0.6) is 0 Å².